The molecule has 0 fully saturated rings. The fourth-order valence-corrected chi connectivity index (χ4v) is 6.58. The second-order valence-corrected chi connectivity index (χ2v) is 12.3. The van der Waals surface area contributed by atoms with Crippen LogP contribution in [0.3, 0.4) is 0 Å². The Bertz CT molecular complexity index is 1580. The lowest BCUT2D eigenvalue weighted by Gasteiger charge is -2.20. The molecule has 5 aromatic rings. The maximum atomic E-state index is 4.94. The standard InChI is InChI=1S/C33H35NS/c1-19(2)28-17-23(18-29-20(3)10-9-11-27(28)29)30-32-26(14-15-34-30)22(5)31(35-32)25-13-12-24(16-21(25)4)33(6,7)8/h9-19H,1-8H3. The van der Waals surface area contributed by atoms with Crippen molar-refractivity contribution in [1.29, 1.82) is 0 Å². The Kier molecular flexibility index (Phi) is 5.84. The zero-order valence-electron chi connectivity index (χ0n) is 22.2. The van der Waals surface area contributed by atoms with Gasteiger partial charge in [0, 0.05) is 16.6 Å². The van der Waals surface area contributed by atoms with Gasteiger partial charge in [-0.3, -0.25) is 4.98 Å². The minimum Gasteiger partial charge on any atom is -0.255 e. The third-order valence-electron chi connectivity index (χ3n) is 7.33. The zero-order valence-corrected chi connectivity index (χ0v) is 23.0. The predicted molar refractivity (Wildman–Crippen MR) is 155 cm³/mol. The van der Waals surface area contributed by atoms with Crippen molar-refractivity contribution >= 4 is 32.2 Å². The van der Waals surface area contributed by atoms with E-state index >= 15 is 0 Å². The van der Waals surface area contributed by atoms with Gasteiger partial charge in [-0.2, -0.15) is 0 Å². The van der Waals surface area contributed by atoms with Gasteiger partial charge >= 0.3 is 0 Å². The SMILES string of the molecule is Cc1cc(C(C)(C)C)ccc1-c1sc2c(-c3cc(C(C)C)c4cccc(C)c4c3)nccc2c1C. The molecule has 0 unspecified atom stereocenters. The number of aryl methyl sites for hydroxylation is 3. The Morgan fingerprint density at radius 2 is 1.57 bits per heavy atom. The molecular formula is C33H35NS. The molecule has 0 amide bonds. The number of aromatic nitrogens is 1. The molecule has 2 heteroatoms. The molecule has 2 aromatic heterocycles. The van der Waals surface area contributed by atoms with Crippen LogP contribution in [0.1, 0.15) is 68.4 Å². The molecule has 0 atom stereocenters. The van der Waals surface area contributed by atoms with Crippen LogP contribution in [-0.2, 0) is 5.41 Å². The summed E-state index contributed by atoms with van der Waals surface area (Å²) in [5.74, 6) is 0.447. The van der Waals surface area contributed by atoms with Crippen molar-refractivity contribution in [2.75, 3.05) is 0 Å². The normalized spacial score (nSPS) is 12.3. The molecule has 0 aliphatic rings. The van der Waals surface area contributed by atoms with E-state index in [4.69, 9.17) is 4.98 Å². The average molecular weight is 478 g/mol. The Morgan fingerprint density at radius 3 is 2.26 bits per heavy atom. The van der Waals surface area contributed by atoms with Crippen molar-refractivity contribution in [3.8, 4) is 21.7 Å². The maximum Gasteiger partial charge on any atom is 0.0880 e. The molecule has 0 N–H and O–H groups in total. The molecule has 0 spiro atoms. The first kappa shape index (κ1) is 23.8. The van der Waals surface area contributed by atoms with Gasteiger partial charge in [0.1, 0.15) is 0 Å². The predicted octanol–water partition coefficient (Wildman–Crippen LogP) is 10.1. The summed E-state index contributed by atoms with van der Waals surface area (Å²) >= 11 is 1.89. The van der Waals surface area contributed by atoms with E-state index in [0.717, 1.165) is 5.69 Å². The van der Waals surface area contributed by atoms with Gasteiger partial charge in [-0.1, -0.05) is 71.0 Å². The van der Waals surface area contributed by atoms with Crippen LogP contribution < -0.4 is 0 Å². The first-order valence-corrected chi connectivity index (χ1v) is 13.4. The van der Waals surface area contributed by atoms with Gasteiger partial charge in [-0.05, 0) is 99.8 Å². The summed E-state index contributed by atoms with van der Waals surface area (Å²) in [6.45, 7) is 18.1. The fourth-order valence-electron chi connectivity index (χ4n) is 5.18. The lowest BCUT2D eigenvalue weighted by atomic mass is 9.85. The quantitative estimate of drug-likeness (QED) is 0.252. The maximum absolute atomic E-state index is 4.94. The molecule has 0 saturated carbocycles. The summed E-state index contributed by atoms with van der Waals surface area (Å²) in [5, 5.41) is 3.99. The van der Waals surface area contributed by atoms with E-state index in [9.17, 15) is 0 Å². The first-order chi connectivity index (χ1) is 16.6. The summed E-state index contributed by atoms with van der Waals surface area (Å²) in [6.07, 6.45) is 1.98. The van der Waals surface area contributed by atoms with Gasteiger partial charge in [0.15, 0.2) is 0 Å². The number of hydrogen-bond acceptors (Lipinski definition) is 2. The number of nitrogens with zero attached hydrogens (tertiary/aromatic N) is 1. The molecule has 3 aromatic carbocycles. The summed E-state index contributed by atoms with van der Waals surface area (Å²) in [5.41, 5.74) is 10.6. The van der Waals surface area contributed by atoms with Gasteiger partial charge in [-0.25, -0.2) is 0 Å². The Balaban J connectivity index is 1.74. The van der Waals surface area contributed by atoms with Crippen LogP contribution in [-0.4, -0.2) is 4.98 Å². The number of fused-ring (bicyclic) bond motifs is 2. The van der Waals surface area contributed by atoms with Crippen molar-refractivity contribution in [2.45, 2.75) is 66.7 Å². The van der Waals surface area contributed by atoms with Crippen LogP contribution in [0, 0.1) is 20.8 Å². The van der Waals surface area contributed by atoms with E-state index in [0.29, 0.717) is 5.92 Å². The Labute approximate surface area is 213 Å². The van der Waals surface area contributed by atoms with E-state index in [1.54, 1.807) is 0 Å². The molecule has 0 aliphatic carbocycles. The highest BCUT2D eigenvalue weighted by molar-refractivity contribution is 7.23. The second kappa shape index (κ2) is 8.60. The van der Waals surface area contributed by atoms with Crippen LogP contribution in [0.15, 0.2) is 60.8 Å². The molecule has 35 heavy (non-hydrogen) atoms. The molecule has 178 valence electrons. The summed E-state index contributed by atoms with van der Waals surface area (Å²) in [6, 6.07) is 20.5. The Hall–Kier alpha value is -2.97. The average Bonchev–Trinajstić information content (AvgIpc) is 3.14. The number of thiophene rings is 1. The summed E-state index contributed by atoms with van der Waals surface area (Å²) < 4.78 is 1.28. The van der Waals surface area contributed by atoms with Crippen LogP contribution >= 0.6 is 11.3 Å². The number of pyridine rings is 1. The lowest BCUT2D eigenvalue weighted by molar-refractivity contribution is 0.590. The van der Waals surface area contributed by atoms with Crippen molar-refractivity contribution in [1.82, 2.24) is 4.98 Å². The van der Waals surface area contributed by atoms with Gasteiger partial charge in [-0.15, -0.1) is 11.3 Å². The molecule has 1 nitrogen and oxygen atoms in total. The van der Waals surface area contributed by atoms with Gasteiger partial charge in [0.2, 0.25) is 0 Å². The summed E-state index contributed by atoms with van der Waals surface area (Å²) in [4.78, 5) is 6.30. The second-order valence-electron chi connectivity index (χ2n) is 11.3. The monoisotopic (exact) mass is 477 g/mol. The van der Waals surface area contributed by atoms with Crippen molar-refractivity contribution in [3.05, 3.63) is 88.6 Å². The van der Waals surface area contributed by atoms with Crippen LogP contribution in [0.4, 0.5) is 0 Å². The van der Waals surface area contributed by atoms with E-state index < -0.39 is 0 Å². The summed E-state index contributed by atoms with van der Waals surface area (Å²) in [7, 11) is 0. The molecule has 0 bridgehead atoms. The zero-order chi connectivity index (χ0) is 25.1. The molecule has 2 heterocycles. The first-order valence-electron chi connectivity index (χ1n) is 12.6. The molecular weight excluding hydrogens is 442 g/mol. The minimum absolute atomic E-state index is 0.151. The highest BCUT2D eigenvalue weighted by atomic mass is 32.1. The molecule has 0 aliphatic heterocycles. The van der Waals surface area contributed by atoms with Gasteiger partial charge < -0.3 is 0 Å². The van der Waals surface area contributed by atoms with E-state index in [2.05, 4.69) is 110 Å². The van der Waals surface area contributed by atoms with Gasteiger partial charge in [0.25, 0.3) is 0 Å². The van der Waals surface area contributed by atoms with Crippen LogP contribution in [0.2, 0.25) is 0 Å². The highest BCUT2D eigenvalue weighted by Gasteiger charge is 2.20. The lowest BCUT2D eigenvalue weighted by Crippen LogP contribution is -2.11. The van der Waals surface area contributed by atoms with E-state index in [-0.39, 0.29) is 5.41 Å². The van der Waals surface area contributed by atoms with E-state index in [1.165, 1.54) is 64.7 Å². The largest absolute Gasteiger partial charge is 0.255 e. The van der Waals surface area contributed by atoms with Crippen LogP contribution in [0.25, 0.3) is 42.6 Å². The van der Waals surface area contributed by atoms with Gasteiger partial charge in [0.05, 0.1) is 10.4 Å². The Morgan fingerprint density at radius 1 is 0.800 bits per heavy atom. The van der Waals surface area contributed by atoms with Crippen molar-refractivity contribution in [2.24, 2.45) is 0 Å². The smallest absolute Gasteiger partial charge is 0.0880 e. The number of benzene rings is 3. The fraction of sp³-hybridized carbons (Fsp3) is 0.303. The minimum atomic E-state index is 0.151. The number of hydrogen-bond donors (Lipinski definition) is 0. The highest BCUT2D eigenvalue weighted by Crippen LogP contribution is 2.44. The topological polar surface area (TPSA) is 12.9 Å². The third-order valence-corrected chi connectivity index (χ3v) is 8.68. The third kappa shape index (κ3) is 4.08. The number of rotatable bonds is 3. The van der Waals surface area contributed by atoms with Crippen molar-refractivity contribution in [3.63, 3.8) is 0 Å². The van der Waals surface area contributed by atoms with E-state index in [1.807, 2.05) is 17.5 Å². The molecule has 0 saturated heterocycles. The van der Waals surface area contributed by atoms with Crippen LogP contribution in [0.5, 0.6) is 0 Å². The molecule has 5 rings (SSSR count). The van der Waals surface area contributed by atoms with Crippen molar-refractivity contribution < 1.29 is 0 Å². The molecule has 0 radical (unpaired) electrons.